The fourth-order valence-corrected chi connectivity index (χ4v) is 4.80. The van der Waals surface area contributed by atoms with Crippen LogP contribution in [0.25, 0.3) is 0 Å². The van der Waals surface area contributed by atoms with Gasteiger partial charge in [0.25, 0.3) is 0 Å². The number of hydrogen-bond acceptors (Lipinski definition) is 3. The zero-order chi connectivity index (χ0) is 15.8. The van der Waals surface area contributed by atoms with E-state index in [4.69, 9.17) is 0 Å². The molecule has 0 aliphatic heterocycles. The minimum absolute atomic E-state index is 0.344. The summed E-state index contributed by atoms with van der Waals surface area (Å²) in [6.07, 6.45) is 4.38. The molecule has 124 valence electrons. The van der Waals surface area contributed by atoms with Crippen LogP contribution in [-0.2, 0) is 17.3 Å². The van der Waals surface area contributed by atoms with Crippen LogP contribution in [0.15, 0.2) is 22.5 Å². The van der Waals surface area contributed by atoms with Crippen molar-refractivity contribution >= 4 is 28.1 Å². The Kier molecular flexibility index (Phi) is 7.39. The number of nitrogens with one attached hydrogen (secondary N) is 2. The lowest BCUT2D eigenvalue weighted by molar-refractivity contribution is 0.413. The lowest BCUT2D eigenvalue weighted by Crippen LogP contribution is -2.46. The molecule has 22 heavy (non-hydrogen) atoms. The van der Waals surface area contributed by atoms with Gasteiger partial charge in [0.15, 0.2) is 5.96 Å². The van der Waals surface area contributed by atoms with Gasteiger partial charge in [-0.3, -0.25) is 4.21 Å². The Morgan fingerprint density at radius 3 is 3.00 bits per heavy atom. The molecule has 3 unspecified atom stereocenters. The van der Waals surface area contributed by atoms with Gasteiger partial charge in [-0.15, -0.1) is 11.3 Å². The summed E-state index contributed by atoms with van der Waals surface area (Å²) in [5, 5.41) is 9.28. The van der Waals surface area contributed by atoms with Crippen molar-refractivity contribution < 1.29 is 4.21 Å². The van der Waals surface area contributed by atoms with Crippen LogP contribution < -0.4 is 10.6 Å². The van der Waals surface area contributed by atoms with Crippen LogP contribution in [0.2, 0.25) is 0 Å². The highest BCUT2D eigenvalue weighted by Gasteiger charge is 2.25. The van der Waals surface area contributed by atoms with Gasteiger partial charge in [-0.1, -0.05) is 19.4 Å². The van der Waals surface area contributed by atoms with E-state index in [9.17, 15) is 4.21 Å². The quantitative estimate of drug-likeness (QED) is 0.618. The third-order valence-corrected chi connectivity index (χ3v) is 6.54. The van der Waals surface area contributed by atoms with Crippen LogP contribution in [-0.4, -0.2) is 33.8 Å². The molecule has 3 atom stereocenters. The van der Waals surface area contributed by atoms with Gasteiger partial charge >= 0.3 is 0 Å². The molecule has 0 aromatic carbocycles. The van der Waals surface area contributed by atoms with E-state index in [1.54, 1.807) is 11.3 Å². The number of aliphatic imine (C=N–C) groups is 1. The smallest absolute Gasteiger partial charge is 0.191 e. The fourth-order valence-electron chi connectivity index (χ4n) is 2.82. The van der Waals surface area contributed by atoms with Gasteiger partial charge in [0.05, 0.1) is 6.54 Å². The average Bonchev–Trinajstić information content (AvgIpc) is 3.06. The number of rotatable bonds is 6. The molecule has 1 fully saturated rings. The molecule has 1 aromatic rings. The third-order valence-electron chi connectivity index (χ3n) is 3.94. The molecule has 1 heterocycles. The van der Waals surface area contributed by atoms with Crippen molar-refractivity contribution in [3.8, 4) is 0 Å². The summed E-state index contributed by atoms with van der Waals surface area (Å²) in [5.74, 6) is 1.65. The number of hydrogen-bond donors (Lipinski definition) is 2. The summed E-state index contributed by atoms with van der Waals surface area (Å²) in [7, 11) is -0.679. The van der Waals surface area contributed by atoms with E-state index in [-0.39, 0.29) is 0 Å². The molecule has 2 N–H and O–H groups in total. The summed E-state index contributed by atoms with van der Waals surface area (Å²) in [4.78, 5) is 5.94. The summed E-state index contributed by atoms with van der Waals surface area (Å²) in [5.41, 5.74) is 0. The Morgan fingerprint density at radius 1 is 1.45 bits per heavy atom. The SMILES string of the molecule is CCNC(=NCc1cccs1)NC1CCCC(S(=O)CC)C1. The molecule has 0 bridgehead atoms. The second-order valence-electron chi connectivity index (χ2n) is 5.57. The Bertz CT molecular complexity index is 488. The summed E-state index contributed by atoms with van der Waals surface area (Å²) >= 11 is 1.73. The van der Waals surface area contributed by atoms with Crippen molar-refractivity contribution in [2.24, 2.45) is 4.99 Å². The molecule has 0 saturated heterocycles. The van der Waals surface area contributed by atoms with Crippen molar-refractivity contribution in [3.05, 3.63) is 22.4 Å². The number of thiophene rings is 1. The molecular formula is C16H27N3OS2. The van der Waals surface area contributed by atoms with Crippen molar-refractivity contribution in [2.45, 2.75) is 57.4 Å². The van der Waals surface area contributed by atoms with Crippen LogP contribution in [0, 0.1) is 0 Å². The maximum Gasteiger partial charge on any atom is 0.191 e. The molecule has 1 aliphatic carbocycles. The van der Waals surface area contributed by atoms with Crippen molar-refractivity contribution in [2.75, 3.05) is 12.3 Å². The van der Waals surface area contributed by atoms with Gasteiger partial charge in [0.2, 0.25) is 0 Å². The molecule has 4 nitrogen and oxygen atoms in total. The highest BCUT2D eigenvalue weighted by atomic mass is 32.2. The van der Waals surface area contributed by atoms with Crippen LogP contribution in [0.3, 0.4) is 0 Å². The minimum atomic E-state index is -0.679. The van der Waals surface area contributed by atoms with E-state index < -0.39 is 10.8 Å². The van der Waals surface area contributed by atoms with E-state index in [2.05, 4.69) is 40.1 Å². The lowest BCUT2D eigenvalue weighted by Gasteiger charge is -2.30. The Balaban J connectivity index is 1.92. The fraction of sp³-hybridized carbons (Fsp3) is 0.688. The largest absolute Gasteiger partial charge is 0.357 e. The van der Waals surface area contributed by atoms with Gasteiger partial charge in [0, 0.05) is 39.3 Å². The molecule has 1 aromatic heterocycles. The maximum absolute atomic E-state index is 12.0. The van der Waals surface area contributed by atoms with E-state index in [0.717, 1.165) is 43.9 Å². The summed E-state index contributed by atoms with van der Waals surface area (Å²) in [6, 6.07) is 4.55. The molecule has 6 heteroatoms. The van der Waals surface area contributed by atoms with Crippen LogP contribution in [0.1, 0.15) is 44.4 Å². The van der Waals surface area contributed by atoms with Crippen molar-refractivity contribution in [3.63, 3.8) is 0 Å². The van der Waals surface area contributed by atoms with E-state index in [0.29, 0.717) is 17.8 Å². The van der Waals surface area contributed by atoms with E-state index in [1.165, 1.54) is 4.88 Å². The second kappa shape index (κ2) is 9.30. The monoisotopic (exact) mass is 341 g/mol. The first-order chi connectivity index (χ1) is 10.7. The Labute approximate surface area is 140 Å². The Morgan fingerprint density at radius 2 is 2.32 bits per heavy atom. The molecule has 0 spiro atoms. The molecular weight excluding hydrogens is 314 g/mol. The van der Waals surface area contributed by atoms with Gasteiger partial charge in [-0.05, 0) is 37.6 Å². The standard InChI is InChI=1S/C16H27N3OS2/c1-3-17-16(18-12-14-8-6-10-21-14)19-13-7-5-9-15(11-13)22(20)4-2/h6,8,10,13,15H,3-5,7,9,11-12H2,1-2H3,(H2,17,18,19). The first-order valence-corrected chi connectivity index (χ1v) is 10.4. The third kappa shape index (κ3) is 5.39. The zero-order valence-corrected chi connectivity index (χ0v) is 15.1. The van der Waals surface area contributed by atoms with Crippen molar-refractivity contribution in [1.82, 2.24) is 10.6 Å². The first kappa shape index (κ1) is 17.5. The predicted octanol–water partition coefficient (Wildman–Crippen LogP) is 2.88. The van der Waals surface area contributed by atoms with Gasteiger partial charge in [0.1, 0.15) is 0 Å². The van der Waals surface area contributed by atoms with E-state index >= 15 is 0 Å². The topological polar surface area (TPSA) is 53.5 Å². The highest BCUT2D eigenvalue weighted by Crippen LogP contribution is 2.23. The number of nitrogens with zero attached hydrogens (tertiary/aromatic N) is 1. The molecule has 0 amide bonds. The minimum Gasteiger partial charge on any atom is -0.357 e. The first-order valence-electron chi connectivity index (χ1n) is 8.17. The molecule has 1 aliphatic rings. The molecule has 0 radical (unpaired) electrons. The van der Waals surface area contributed by atoms with Crippen molar-refractivity contribution in [1.29, 1.82) is 0 Å². The molecule has 1 saturated carbocycles. The van der Waals surface area contributed by atoms with Gasteiger partial charge in [-0.2, -0.15) is 0 Å². The Hall–Kier alpha value is -0.880. The van der Waals surface area contributed by atoms with Gasteiger partial charge in [-0.25, -0.2) is 4.99 Å². The zero-order valence-electron chi connectivity index (χ0n) is 13.5. The summed E-state index contributed by atoms with van der Waals surface area (Å²) < 4.78 is 12.0. The van der Waals surface area contributed by atoms with Crippen LogP contribution >= 0.6 is 11.3 Å². The average molecular weight is 342 g/mol. The molecule has 2 rings (SSSR count). The lowest BCUT2D eigenvalue weighted by atomic mass is 9.95. The normalized spacial score (nSPS) is 24.0. The van der Waals surface area contributed by atoms with Crippen LogP contribution in [0.4, 0.5) is 0 Å². The highest BCUT2D eigenvalue weighted by molar-refractivity contribution is 7.85. The van der Waals surface area contributed by atoms with Gasteiger partial charge < -0.3 is 10.6 Å². The maximum atomic E-state index is 12.0. The predicted molar refractivity (Wildman–Crippen MR) is 97.0 cm³/mol. The van der Waals surface area contributed by atoms with Crippen LogP contribution in [0.5, 0.6) is 0 Å². The summed E-state index contributed by atoms with van der Waals surface area (Å²) in [6.45, 7) is 5.66. The van der Waals surface area contributed by atoms with E-state index in [1.807, 2.05) is 6.92 Å². The second-order valence-corrected chi connectivity index (χ2v) is 8.61. The number of guanidine groups is 1.